The molecule has 0 saturated heterocycles. The molecule has 0 bridgehead atoms. The Morgan fingerprint density at radius 1 is 1.21 bits per heavy atom. The predicted octanol–water partition coefficient (Wildman–Crippen LogP) is 3.16. The minimum Gasteiger partial charge on any atom is -0.373 e. The van der Waals surface area contributed by atoms with E-state index in [4.69, 9.17) is 4.98 Å². The molecule has 0 spiro atoms. The van der Waals surface area contributed by atoms with Crippen molar-refractivity contribution in [3.05, 3.63) is 11.9 Å². The molecule has 104 valence electrons. The molecule has 2 aliphatic carbocycles. The second-order valence-corrected chi connectivity index (χ2v) is 5.72. The molecule has 0 aliphatic heterocycles. The Labute approximate surface area is 115 Å². The van der Waals surface area contributed by atoms with E-state index in [1.54, 1.807) is 0 Å². The maximum Gasteiger partial charge on any atom is 0.136 e. The Balaban J connectivity index is 1.89. The lowest BCUT2D eigenvalue weighted by Crippen LogP contribution is -2.34. The molecule has 0 unspecified atom stereocenters. The van der Waals surface area contributed by atoms with Gasteiger partial charge in [-0.05, 0) is 32.6 Å². The molecule has 1 aromatic rings. The van der Waals surface area contributed by atoms with Crippen molar-refractivity contribution < 1.29 is 0 Å². The SMILES string of the molecule is CCN(c1cc(NC)nc(C2CC2)n1)C1CCCC1. The van der Waals surface area contributed by atoms with Crippen LogP contribution in [0.1, 0.15) is 57.2 Å². The average molecular weight is 260 g/mol. The molecule has 0 amide bonds. The van der Waals surface area contributed by atoms with Crippen molar-refractivity contribution in [2.24, 2.45) is 0 Å². The predicted molar refractivity (Wildman–Crippen MR) is 78.8 cm³/mol. The van der Waals surface area contributed by atoms with E-state index >= 15 is 0 Å². The second-order valence-electron chi connectivity index (χ2n) is 5.72. The summed E-state index contributed by atoms with van der Waals surface area (Å²) in [6.45, 7) is 3.27. The monoisotopic (exact) mass is 260 g/mol. The van der Waals surface area contributed by atoms with Gasteiger partial charge in [0, 0.05) is 31.6 Å². The summed E-state index contributed by atoms with van der Waals surface area (Å²) < 4.78 is 0. The Kier molecular flexibility index (Phi) is 3.58. The molecule has 2 fully saturated rings. The van der Waals surface area contributed by atoms with Crippen LogP contribution in [0, 0.1) is 0 Å². The van der Waals surface area contributed by atoms with Crippen molar-refractivity contribution in [1.29, 1.82) is 0 Å². The van der Waals surface area contributed by atoms with Crippen molar-refractivity contribution in [3.8, 4) is 0 Å². The molecular weight excluding hydrogens is 236 g/mol. The second kappa shape index (κ2) is 5.35. The third-order valence-corrected chi connectivity index (χ3v) is 4.33. The number of nitrogens with zero attached hydrogens (tertiary/aromatic N) is 3. The van der Waals surface area contributed by atoms with Gasteiger partial charge in [0.2, 0.25) is 0 Å². The van der Waals surface area contributed by atoms with E-state index in [0.29, 0.717) is 12.0 Å². The first-order valence-electron chi connectivity index (χ1n) is 7.65. The van der Waals surface area contributed by atoms with Gasteiger partial charge in [0.25, 0.3) is 0 Å². The zero-order valence-corrected chi connectivity index (χ0v) is 12.0. The molecule has 19 heavy (non-hydrogen) atoms. The topological polar surface area (TPSA) is 41.0 Å². The first-order valence-corrected chi connectivity index (χ1v) is 7.65. The number of rotatable bonds is 5. The number of aromatic nitrogens is 2. The highest BCUT2D eigenvalue weighted by atomic mass is 15.2. The molecule has 2 saturated carbocycles. The molecular formula is C15H24N4. The molecule has 2 aliphatic rings. The fourth-order valence-electron chi connectivity index (χ4n) is 3.08. The zero-order chi connectivity index (χ0) is 13.2. The van der Waals surface area contributed by atoms with E-state index in [1.807, 2.05) is 7.05 Å². The lowest BCUT2D eigenvalue weighted by atomic mass is 10.2. The molecule has 1 heterocycles. The van der Waals surface area contributed by atoms with Crippen LogP contribution in [0.15, 0.2) is 6.07 Å². The highest BCUT2D eigenvalue weighted by molar-refractivity contribution is 5.50. The van der Waals surface area contributed by atoms with Gasteiger partial charge in [0.05, 0.1) is 0 Å². The summed E-state index contributed by atoms with van der Waals surface area (Å²) in [6.07, 6.45) is 7.85. The number of hydrogen-bond acceptors (Lipinski definition) is 4. The van der Waals surface area contributed by atoms with Crippen LogP contribution in [0.3, 0.4) is 0 Å². The lowest BCUT2D eigenvalue weighted by Gasteiger charge is -2.29. The van der Waals surface area contributed by atoms with Crippen molar-refractivity contribution in [1.82, 2.24) is 9.97 Å². The highest BCUT2D eigenvalue weighted by Gasteiger charge is 2.29. The van der Waals surface area contributed by atoms with Gasteiger partial charge in [-0.3, -0.25) is 0 Å². The molecule has 1 N–H and O–H groups in total. The third-order valence-electron chi connectivity index (χ3n) is 4.33. The quantitative estimate of drug-likeness (QED) is 0.883. The van der Waals surface area contributed by atoms with Gasteiger partial charge in [-0.1, -0.05) is 12.8 Å². The summed E-state index contributed by atoms with van der Waals surface area (Å²) in [5.41, 5.74) is 0. The molecule has 0 atom stereocenters. The number of anilines is 2. The van der Waals surface area contributed by atoms with Crippen LogP contribution in [0.5, 0.6) is 0 Å². The zero-order valence-electron chi connectivity index (χ0n) is 12.0. The van der Waals surface area contributed by atoms with Crippen LogP contribution in [0.4, 0.5) is 11.6 Å². The van der Waals surface area contributed by atoms with E-state index in [9.17, 15) is 0 Å². The van der Waals surface area contributed by atoms with Crippen molar-refractivity contribution >= 4 is 11.6 Å². The Hall–Kier alpha value is -1.32. The summed E-state index contributed by atoms with van der Waals surface area (Å²) in [5, 5.41) is 3.18. The first kappa shape index (κ1) is 12.7. The van der Waals surface area contributed by atoms with Gasteiger partial charge in [-0.2, -0.15) is 0 Å². The molecule has 0 aromatic carbocycles. The van der Waals surface area contributed by atoms with Gasteiger partial charge >= 0.3 is 0 Å². The van der Waals surface area contributed by atoms with E-state index < -0.39 is 0 Å². The van der Waals surface area contributed by atoms with Crippen LogP contribution in [-0.4, -0.2) is 29.6 Å². The van der Waals surface area contributed by atoms with E-state index in [0.717, 1.165) is 24.0 Å². The summed E-state index contributed by atoms with van der Waals surface area (Å²) in [7, 11) is 1.94. The van der Waals surface area contributed by atoms with Gasteiger partial charge in [0.1, 0.15) is 17.5 Å². The van der Waals surface area contributed by atoms with Crippen molar-refractivity contribution in [2.45, 2.75) is 57.4 Å². The van der Waals surface area contributed by atoms with Crippen LogP contribution in [-0.2, 0) is 0 Å². The lowest BCUT2D eigenvalue weighted by molar-refractivity contribution is 0.610. The number of nitrogens with one attached hydrogen (secondary N) is 1. The summed E-state index contributed by atoms with van der Waals surface area (Å²) in [5.74, 6) is 3.73. The van der Waals surface area contributed by atoms with Gasteiger partial charge < -0.3 is 10.2 Å². The molecule has 1 aromatic heterocycles. The molecule has 0 radical (unpaired) electrons. The van der Waals surface area contributed by atoms with E-state index in [1.165, 1.54) is 38.5 Å². The molecule has 4 nitrogen and oxygen atoms in total. The molecule has 4 heteroatoms. The smallest absolute Gasteiger partial charge is 0.136 e. The summed E-state index contributed by atoms with van der Waals surface area (Å²) in [4.78, 5) is 11.9. The molecule has 3 rings (SSSR count). The first-order chi connectivity index (χ1) is 9.31. The van der Waals surface area contributed by atoms with Gasteiger partial charge in [-0.15, -0.1) is 0 Å². The van der Waals surface area contributed by atoms with Gasteiger partial charge in [0.15, 0.2) is 0 Å². The largest absolute Gasteiger partial charge is 0.373 e. The maximum absolute atomic E-state index is 4.83. The average Bonchev–Trinajstić information content (AvgIpc) is 3.17. The number of hydrogen-bond donors (Lipinski definition) is 1. The minimum absolute atomic E-state index is 0.606. The van der Waals surface area contributed by atoms with Crippen molar-refractivity contribution in [3.63, 3.8) is 0 Å². The van der Waals surface area contributed by atoms with Crippen LogP contribution >= 0.6 is 0 Å². The van der Waals surface area contributed by atoms with Crippen LogP contribution in [0.2, 0.25) is 0 Å². The third kappa shape index (κ3) is 2.67. The Bertz CT molecular complexity index is 436. The maximum atomic E-state index is 4.83. The highest BCUT2D eigenvalue weighted by Crippen LogP contribution is 2.39. The van der Waals surface area contributed by atoms with E-state index in [2.05, 4.69) is 28.2 Å². The Morgan fingerprint density at radius 3 is 2.53 bits per heavy atom. The summed E-state index contributed by atoms with van der Waals surface area (Å²) in [6, 6.07) is 2.78. The normalized spacial score (nSPS) is 19.7. The van der Waals surface area contributed by atoms with Crippen molar-refractivity contribution in [2.75, 3.05) is 23.8 Å². The van der Waals surface area contributed by atoms with Crippen LogP contribution < -0.4 is 10.2 Å². The van der Waals surface area contributed by atoms with Gasteiger partial charge in [-0.25, -0.2) is 9.97 Å². The minimum atomic E-state index is 0.606. The fraction of sp³-hybridized carbons (Fsp3) is 0.733. The fourth-order valence-corrected chi connectivity index (χ4v) is 3.08. The Morgan fingerprint density at radius 2 is 1.95 bits per heavy atom. The van der Waals surface area contributed by atoms with E-state index in [-0.39, 0.29) is 0 Å². The van der Waals surface area contributed by atoms with Crippen LogP contribution in [0.25, 0.3) is 0 Å². The standard InChI is InChI=1S/C15H24N4/c1-3-19(12-6-4-5-7-12)14-10-13(16-2)17-15(18-14)11-8-9-11/h10-12H,3-9H2,1-2H3,(H,16,17,18). The summed E-state index contributed by atoms with van der Waals surface area (Å²) >= 11 is 0.